The summed E-state index contributed by atoms with van der Waals surface area (Å²) in [5.41, 5.74) is 3.89. The summed E-state index contributed by atoms with van der Waals surface area (Å²) in [5.74, 6) is -0.159. The summed E-state index contributed by atoms with van der Waals surface area (Å²) in [7, 11) is 0. The second kappa shape index (κ2) is 11.4. The van der Waals surface area contributed by atoms with E-state index in [1.165, 1.54) is 15.4 Å². The van der Waals surface area contributed by atoms with Crippen molar-refractivity contribution in [3.63, 3.8) is 0 Å². The Labute approximate surface area is 269 Å². The van der Waals surface area contributed by atoms with Gasteiger partial charge in [0, 0.05) is 5.54 Å². The van der Waals surface area contributed by atoms with Gasteiger partial charge in [0.05, 0.1) is 27.9 Å². The van der Waals surface area contributed by atoms with Gasteiger partial charge in [0.15, 0.2) is 0 Å². The van der Waals surface area contributed by atoms with Crippen LogP contribution in [-0.4, -0.2) is 34.1 Å². The number of imide groups is 2. The van der Waals surface area contributed by atoms with Crippen molar-refractivity contribution in [1.29, 1.82) is 0 Å². The van der Waals surface area contributed by atoms with Gasteiger partial charge in [-0.1, -0.05) is 52.0 Å². The predicted molar refractivity (Wildman–Crippen MR) is 179 cm³/mol. The maximum atomic E-state index is 13.6. The maximum Gasteiger partial charge on any atom is 0.266 e. The smallest absolute Gasteiger partial charge is 0.266 e. The Hall–Kier alpha value is -5.04. The first kappa shape index (κ1) is 31.0. The van der Waals surface area contributed by atoms with Gasteiger partial charge in [-0.25, -0.2) is 4.90 Å². The Balaban J connectivity index is 1.21. The van der Waals surface area contributed by atoms with Gasteiger partial charge in [-0.15, -0.1) is 0 Å². The molecule has 0 saturated carbocycles. The number of hydrogen-bond acceptors (Lipinski definition) is 5. The number of carbonyl (C=O) groups excluding carboxylic acids is 4. The first-order valence-corrected chi connectivity index (χ1v) is 15.9. The predicted octanol–water partition coefficient (Wildman–Crippen LogP) is 8.81. The fourth-order valence-electron chi connectivity index (χ4n) is 6.17. The number of nitrogens with zero attached hydrogens (tertiary/aromatic N) is 2. The molecule has 4 aromatic carbocycles. The summed E-state index contributed by atoms with van der Waals surface area (Å²) >= 11 is 0. The number of rotatable bonds is 9. The number of fused-ring (bicyclic) bond motifs is 2. The molecule has 0 atom stereocenters. The van der Waals surface area contributed by atoms with Crippen molar-refractivity contribution in [3.05, 3.63) is 113 Å². The van der Waals surface area contributed by atoms with E-state index in [4.69, 9.17) is 4.74 Å². The molecule has 0 bridgehead atoms. The van der Waals surface area contributed by atoms with Crippen LogP contribution in [0.25, 0.3) is 11.1 Å². The van der Waals surface area contributed by atoms with E-state index in [9.17, 15) is 19.2 Å². The van der Waals surface area contributed by atoms with Crippen LogP contribution < -0.4 is 9.64 Å². The van der Waals surface area contributed by atoms with Gasteiger partial charge < -0.3 is 4.74 Å². The van der Waals surface area contributed by atoms with Crippen LogP contribution in [-0.2, 0) is 5.41 Å². The van der Waals surface area contributed by atoms with E-state index in [1.807, 2.05) is 32.9 Å². The van der Waals surface area contributed by atoms with Crippen molar-refractivity contribution in [2.75, 3.05) is 4.90 Å². The zero-order valence-electron chi connectivity index (χ0n) is 27.1. The fourth-order valence-corrected chi connectivity index (χ4v) is 6.17. The van der Waals surface area contributed by atoms with Gasteiger partial charge in [0.25, 0.3) is 23.6 Å². The average Bonchev–Trinajstić information content (AvgIpc) is 3.48. The lowest BCUT2D eigenvalue weighted by atomic mass is 9.78. The van der Waals surface area contributed by atoms with E-state index >= 15 is 0 Å². The highest BCUT2D eigenvalue weighted by atomic mass is 16.5. The third-order valence-electron chi connectivity index (χ3n) is 10.0. The van der Waals surface area contributed by atoms with Gasteiger partial charge >= 0.3 is 0 Å². The van der Waals surface area contributed by atoms with Crippen LogP contribution in [0.15, 0.2) is 84.9 Å². The van der Waals surface area contributed by atoms with E-state index < -0.39 is 17.4 Å². The van der Waals surface area contributed by atoms with Crippen molar-refractivity contribution in [2.45, 2.75) is 71.8 Å². The van der Waals surface area contributed by atoms with E-state index in [0.29, 0.717) is 51.4 Å². The minimum absolute atomic E-state index is 0.127. The van der Waals surface area contributed by atoms with Crippen molar-refractivity contribution in [1.82, 2.24) is 4.90 Å². The van der Waals surface area contributed by atoms with Crippen LogP contribution in [0.2, 0.25) is 0 Å². The fraction of sp³-hybridized carbons (Fsp3) is 0.282. The Morgan fingerprint density at radius 2 is 1.00 bits per heavy atom. The zero-order valence-corrected chi connectivity index (χ0v) is 27.1. The Morgan fingerprint density at radius 1 is 0.543 bits per heavy atom. The summed E-state index contributed by atoms with van der Waals surface area (Å²) in [5, 5.41) is 0. The molecule has 2 aliphatic heterocycles. The molecule has 6 rings (SSSR count). The molecule has 2 heterocycles. The number of benzene rings is 4. The van der Waals surface area contributed by atoms with Crippen LogP contribution in [0, 0.1) is 0 Å². The molecule has 7 heteroatoms. The summed E-state index contributed by atoms with van der Waals surface area (Å²) in [4.78, 5) is 55.7. The van der Waals surface area contributed by atoms with Gasteiger partial charge in [-0.05, 0) is 116 Å². The molecule has 0 unspecified atom stereocenters. The minimum Gasteiger partial charge on any atom is -0.457 e. The minimum atomic E-state index is -0.613. The summed E-state index contributed by atoms with van der Waals surface area (Å²) in [6.07, 6.45) is 2.74. The average molecular weight is 615 g/mol. The van der Waals surface area contributed by atoms with Crippen molar-refractivity contribution >= 4 is 29.3 Å². The summed E-state index contributed by atoms with van der Waals surface area (Å²) < 4.78 is 6.05. The Bertz CT molecular complexity index is 1880. The normalized spacial score (nSPS) is 14.7. The van der Waals surface area contributed by atoms with E-state index in [0.717, 1.165) is 12.8 Å². The van der Waals surface area contributed by atoms with Gasteiger partial charge in [-0.2, -0.15) is 0 Å². The molecule has 0 radical (unpaired) electrons. The van der Waals surface area contributed by atoms with Crippen LogP contribution in [0.5, 0.6) is 11.5 Å². The summed E-state index contributed by atoms with van der Waals surface area (Å²) in [6.45, 7) is 12.4. The molecule has 4 aromatic rings. The molecule has 0 fully saturated rings. The second-order valence-electron chi connectivity index (χ2n) is 13.0. The number of amides is 4. The molecule has 4 amide bonds. The molecular formula is C39H38N2O5. The monoisotopic (exact) mass is 614 g/mol. The maximum absolute atomic E-state index is 13.6. The third-order valence-corrected chi connectivity index (χ3v) is 10.0. The van der Waals surface area contributed by atoms with Crippen LogP contribution in [0.3, 0.4) is 0 Å². The Morgan fingerprint density at radius 3 is 1.52 bits per heavy atom. The van der Waals surface area contributed by atoms with Crippen LogP contribution in [0.1, 0.15) is 108 Å². The van der Waals surface area contributed by atoms with E-state index in [-0.39, 0.29) is 22.8 Å². The van der Waals surface area contributed by atoms with E-state index in [2.05, 4.69) is 32.9 Å². The first-order valence-electron chi connectivity index (χ1n) is 15.9. The molecule has 0 N–H and O–H groups in total. The third kappa shape index (κ3) is 5.00. The van der Waals surface area contributed by atoms with Crippen molar-refractivity contribution in [3.8, 4) is 22.6 Å². The van der Waals surface area contributed by atoms with Gasteiger partial charge in [0.1, 0.15) is 11.5 Å². The van der Waals surface area contributed by atoms with Crippen LogP contribution >= 0.6 is 0 Å². The molecular weight excluding hydrogens is 576 g/mol. The quantitative estimate of drug-likeness (QED) is 0.176. The SMILES string of the molecule is CCC(C)(CC)c1ccc(Oc2ccc(N3C(=O)c4ccc(-c5ccc6c(c5)C(=O)N(C(C)(C)CC)C6=O)cc4C3=O)cc2)cc1. The second-order valence-corrected chi connectivity index (χ2v) is 13.0. The standard InChI is InChI=1S/C39H38N2O5/c1-7-38(4,5)41-36(44)31-21-11-25(23-33(31)37(41)45)24-10-20-30-32(22-24)35(43)40(34(30)42)27-14-18-29(19-15-27)46-28-16-12-26(13-17-28)39(6,8-2)9-3/h10-23H,7-9H2,1-6H3. The zero-order chi connectivity index (χ0) is 33.0. The molecule has 0 aromatic heterocycles. The molecule has 0 spiro atoms. The summed E-state index contributed by atoms with van der Waals surface area (Å²) in [6, 6.07) is 25.2. The number of hydrogen-bond donors (Lipinski definition) is 0. The topological polar surface area (TPSA) is 84.0 Å². The molecule has 7 nitrogen and oxygen atoms in total. The van der Waals surface area contributed by atoms with Crippen molar-refractivity contribution < 1.29 is 23.9 Å². The van der Waals surface area contributed by atoms with Gasteiger partial charge in [-0.3, -0.25) is 24.1 Å². The highest BCUT2D eigenvalue weighted by Crippen LogP contribution is 2.37. The molecule has 0 saturated heterocycles. The Kier molecular flexibility index (Phi) is 7.67. The number of carbonyl (C=O) groups is 4. The van der Waals surface area contributed by atoms with Crippen molar-refractivity contribution in [2.24, 2.45) is 0 Å². The van der Waals surface area contributed by atoms with E-state index in [1.54, 1.807) is 60.7 Å². The number of ether oxygens (including phenoxy) is 1. The number of anilines is 1. The highest BCUT2D eigenvalue weighted by molar-refractivity contribution is 6.34. The van der Waals surface area contributed by atoms with Crippen LogP contribution in [0.4, 0.5) is 5.69 Å². The first-order chi connectivity index (χ1) is 21.9. The molecule has 46 heavy (non-hydrogen) atoms. The highest BCUT2D eigenvalue weighted by Gasteiger charge is 2.43. The lowest BCUT2D eigenvalue weighted by Gasteiger charge is -2.32. The van der Waals surface area contributed by atoms with Gasteiger partial charge in [0.2, 0.25) is 0 Å². The molecule has 2 aliphatic rings. The lowest BCUT2D eigenvalue weighted by Crippen LogP contribution is -2.47. The largest absolute Gasteiger partial charge is 0.457 e. The molecule has 0 aliphatic carbocycles. The lowest BCUT2D eigenvalue weighted by molar-refractivity contribution is 0.0474. The molecule has 234 valence electrons.